The van der Waals surface area contributed by atoms with Crippen LogP contribution in [-0.2, 0) is 11.0 Å². The van der Waals surface area contributed by atoms with Gasteiger partial charge in [-0.05, 0) is 16.5 Å². The van der Waals surface area contributed by atoms with Crippen LogP contribution < -0.4 is 5.73 Å². The highest BCUT2D eigenvalue weighted by molar-refractivity contribution is 7.38. The van der Waals surface area contributed by atoms with Crippen LogP contribution in [0.2, 0.25) is 0 Å². The van der Waals surface area contributed by atoms with Crippen LogP contribution in [0.4, 0.5) is 0 Å². The third-order valence-electron chi connectivity index (χ3n) is 1.86. The van der Waals surface area contributed by atoms with E-state index in [1.165, 1.54) is 0 Å². The van der Waals surface area contributed by atoms with Crippen molar-refractivity contribution in [1.82, 2.24) is 0 Å². The van der Waals surface area contributed by atoms with Gasteiger partial charge >= 0.3 is 8.03 Å². The molecule has 70 valence electrons. The fourth-order valence-corrected chi connectivity index (χ4v) is 1.42. The van der Waals surface area contributed by atoms with Crippen LogP contribution >= 0.6 is 8.03 Å². The third kappa shape index (κ3) is 3.64. The second-order valence-corrected chi connectivity index (χ2v) is 4.16. The predicted molar refractivity (Wildman–Crippen MR) is 52.6 cm³/mol. The van der Waals surface area contributed by atoms with Crippen molar-refractivity contribution in [3.8, 4) is 0 Å². The van der Waals surface area contributed by atoms with Crippen molar-refractivity contribution >= 4 is 8.03 Å². The topological polar surface area (TPSA) is 63.3 Å². The van der Waals surface area contributed by atoms with Crippen LogP contribution in [0, 0.1) is 0 Å². The first-order valence-electron chi connectivity index (χ1n) is 4.15. The Kier molecular flexibility index (Phi) is 4.03. The molecule has 0 aliphatic heterocycles. The Labute approximate surface area is 78.5 Å². The van der Waals surface area contributed by atoms with Crippen molar-refractivity contribution in [1.29, 1.82) is 0 Å². The summed E-state index contributed by atoms with van der Waals surface area (Å²) in [4.78, 5) is 8.68. The summed E-state index contributed by atoms with van der Waals surface area (Å²) in [6.07, 6.45) is 1.30. The zero-order valence-electron chi connectivity index (χ0n) is 7.26. The number of aryl methyl sites for hydroxylation is 1. The fraction of sp³-hybridized carbons (Fsp3) is 0.333. The minimum atomic E-state index is -2.23. The largest absolute Gasteiger partial charge is 0.524 e. The molecule has 0 aliphatic carbocycles. The molecular weight excluding hydrogens is 185 g/mol. The van der Waals surface area contributed by atoms with Crippen LogP contribution in [0.25, 0.3) is 0 Å². The fourth-order valence-electron chi connectivity index (χ4n) is 1.07. The van der Waals surface area contributed by atoms with Gasteiger partial charge in [-0.25, -0.2) is 0 Å². The number of hydrogen-bond acceptors (Lipinski definition) is 2. The molecule has 2 atom stereocenters. The lowest BCUT2D eigenvalue weighted by molar-refractivity contribution is 0.485. The Morgan fingerprint density at radius 3 is 2.54 bits per heavy atom. The van der Waals surface area contributed by atoms with E-state index in [4.69, 9.17) is 10.6 Å². The molecule has 4 heteroatoms. The van der Waals surface area contributed by atoms with E-state index >= 15 is 0 Å². The molecule has 0 bridgehead atoms. The molecule has 0 amide bonds. The summed E-state index contributed by atoms with van der Waals surface area (Å²) in [5.74, 6) is -0.602. The zero-order chi connectivity index (χ0) is 9.68. The van der Waals surface area contributed by atoms with E-state index in [2.05, 4.69) is 0 Å². The molecule has 0 radical (unpaired) electrons. The van der Waals surface area contributed by atoms with Gasteiger partial charge in [0.1, 0.15) is 0 Å². The normalized spacial score (nSPS) is 13.8. The van der Waals surface area contributed by atoms with Crippen molar-refractivity contribution in [2.75, 3.05) is 0 Å². The first kappa shape index (κ1) is 10.3. The van der Waals surface area contributed by atoms with Crippen molar-refractivity contribution in [3.05, 3.63) is 35.9 Å². The Morgan fingerprint density at radius 2 is 2.00 bits per heavy atom. The van der Waals surface area contributed by atoms with Crippen LogP contribution in [-0.4, -0.2) is 10.7 Å². The maximum absolute atomic E-state index is 10.5. The molecule has 13 heavy (non-hydrogen) atoms. The van der Waals surface area contributed by atoms with Gasteiger partial charge < -0.3 is 0 Å². The molecule has 0 spiro atoms. The van der Waals surface area contributed by atoms with Gasteiger partial charge in [0.25, 0.3) is 0 Å². The molecule has 0 heterocycles. The van der Waals surface area contributed by atoms with Crippen LogP contribution in [0.15, 0.2) is 30.3 Å². The van der Waals surface area contributed by atoms with Gasteiger partial charge in [-0.2, -0.15) is 4.89 Å². The van der Waals surface area contributed by atoms with E-state index in [0.29, 0.717) is 6.42 Å². The van der Waals surface area contributed by atoms with E-state index in [9.17, 15) is 4.57 Å². The highest BCUT2D eigenvalue weighted by Gasteiger charge is 2.22. The summed E-state index contributed by atoms with van der Waals surface area (Å²) >= 11 is 0. The average molecular weight is 198 g/mol. The van der Waals surface area contributed by atoms with E-state index in [0.717, 1.165) is 12.0 Å². The highest BCUT2D eigenvalue weighted by Crippen LogP contribution is 2.21. The number of benzene rings is 1. The molecule has 1 rings (SSSR count). The summed E-state index contributed by atoms with van der Waals surface area (Å²) < 4.78 is 10.5. The lowest BCUT2D eigenvalue weighted by Gasteiger charge is -1.99. The van der Waals surface area contributed by atoms with E-state index in [1.54, 1.807) is 0 Å². The van der Waals surface area contributed by atoms with Gasteiger partial charge in [-0.1, -0.05) is 30.3 Å². The summed E-state index contributed by atoms with van der Waals surface area (Å²) in [5.41, 5.74) is 6.58. The molecule has 0 fully saturated rings. The molecule has 0 saturated heterocycles. The van der Waals surface area contributed by atoms with Gasteiger partial charge in [-0.15, -0.1) is 0 Å². The SMILES string of the molecule is N[C@H](CCc1ccccc1)[P+](=O)O. The molecule has 1 unspecified atom stereocenters. The first-order valence-corrected chi connectivity index (χ1v) is 5.43. The molecule has 0 saturated carbocycles. The van der Waals surface area contributed by atoms with E-state index < -0.39 is 13.8 Å². The highest BCUT2D eigenvalue weighted by atomic mass is 31.1. The first-order chi connectivity index (χ1) is 6.20. The molecule has 1 aromatic carbocycles. The molecule has 0 aliphatic rings. The Bertz CT molecular complexity index is 276. The second kappa shape index (κ2) is 5.07. The molecular formula is C9H13NO2P+. The zero-order valence-corrected chi connectivity index (χ0v) is 8.15. The monoisotopic (exact) mass is 198 g/mol. The van der Waals surface area contributed by atoms with E-state index in [1.807, 2.05) is 30.3 Å². The lowest BCUT2D eigenvalue weighted by atomic mass is 10.1. The number of rotatable bonds is 4. The van der Waals surface area contributed by atoms with Crippen LogP contribution in [0.3, 0.4) is 0 Å². The third-order valence-corrected chi connectivity index (χ3v) is 2.68. The summed E-state index contributed by atoms with van der Waals surface area (Å²) in [6.45, 7) is 0. The van der Waals surface area contributed by atoms with E-state index in [-0.39, 0.29) is 0 Å². The summed E-state index contributed by atoms with van der Waals surface area (Å²) in [7, 11) is -2.23. The lowest BCUT2D eigenvalue weighted by Crippen LogP contribution is -2.15. The van der Waals surface area contributed by atoms with Gasteiger partial charge in [0.15, 0.2) is 0 Å². The van der Waals surface area contributed by atoms with Crippen LogP contribution in [0.5, 0.6) is 0 Å². The molecule has 3 nitrogen and oxygen atoms in total. The molecule has 0 aromatic heterocycles. The van der Waals surface area contributed by atoms with Gasteiger partial charge in [0.2, 0.25) is 5.78 Å². The van der Waals surface area contributed by atoms with Gasteiger partial charge in [-0.3, -0.25) is 5.73 Å². The van der Waals surface area contributed by atoms with Crippen molar-refractivity contribution in [3.63, 3.8) is 0 Å². The Hall–Kier alpha value is -0.760. The Balaban J connectivity index is 2.39. The maximum Gasteiger partial charge on any atom is 0.524 e. The van der Waals surface area contributed by atoms with Crippen LogP contribution in [0.1, 0.15) is 12.0 Å². The average Bonchev–Trinajstić information content (AvgIpc) is 2.15. The standard InChI is InChI=1S/C9H12NO2P/c10-9(13(11)12)7-6-8-4-2-1-3-5-8/h1-5,9H,6-7,10H2/p+1/t9-/m0/s1. The van der Waals surface area contributed by atoms with Gasteiger partial charge in [0, 0.05) is 6.42 Å². The quantitative estimate of drug-likeness (QED) is 0.723. The van der Waals surface area contributed by atoms with Crippen molar-refractivity contribution in [2.45, 2.75) is 18.6 Å². The second-order valence-electron chi connectivity index (χ2n) is 2.89. The van der Waals surface area contributed by atoms with Crippen molar-refractivity contribution < 1.29 is 9.46 Å². The minimum absolute atomic E-state index is 0.551. The number of nitrogens with two attached hydrogens (primary N) is 1. The smallest absolute Gasteiger partial charge is 0.285 e. The minimum Gasteiger partial charge on any atom is -0.285 e. The Morgan fingerprint density at radius 1 is 1.38 bits per heavy atom. The maximum atomic E-state index is 10.5. The van der Waals surface area contributed by atoms with Gasteiger partial charge in [0.05, 0.1) is 0 Å². The predicted octanol–water partition coefficient (Wildman–Crippen LogP) is 1.64. The molecule has 3 N–H and O–H groups in total. The number of hydrogen-bond donors (Lipinski definition) is 2. The summed E-state index contributed by atoms with van der Waals surface area (Å²) in [5, 5.41) is 0. The summed E-state index contributed by atoms with van der Waals surface area (Å²) in [6, 6.07) is 9.80. The van der Waals surface area contributed by atoms with Crippen molar-refractivity contribution in [2.24, 2.45) is 5.73 Å². The molecule has 1 aromatic rings.